The summed E-state index contributed by atoms with van der Waals surface area (Å²) in [4.78, 5) is 0. The van der Waals surface area contributed by atoms with E-state index in [9.17, 15) is 0 Å². The Hall–Kier alpha value is -2.00. The first kappa shape index (κ1) is 14.9. The smallest absolute Gasteiger partial charge is 0.165 e. The fraction of sp³-hybridized carbons (Fsp3) is 0.368. The molecule has 0 amide bonds. The van der Waals surface area contributed by atoms with Crippen LogP contribution in [0.1, 0.15) is 30.4 Å². The third-order valence-electron chi connectivity index (χ3n) is 4.70. The zero-order valence-electron chi connectivity index (χ0n) is 13.0. The Morgan fingerprint density at radius 3 is 2.41 bits per heavy atom. The van der Waals surface area contributed by atoms with E-state index in [1.807, 2.05) is 30.3 Å². The first-order valence-electron chi connectivity index (χ1n) is 7.83. The lowest BCUT2D eigenvalue weighted by Gasteiger charge is -2.42. The molecule has 0 aromatic heterocycles. The van der Waals surface area contributed by atoms with Gasteiger partial charge in [0.2, 0.25) is 0 Å². The molecular formula is C19H23NO2. The fourth-order valence-corrected chi connectivity index (χ4v) is 3.16. The van der Waals surface area contributed by atoms with Crippen molar-refractivity contribution >= 4 is 0 Å². The third-order valence-corrected chi connectivity index (χ3v) is 4.70. The van der Waals surface area contributed by atoms with Gasteiger partial charge in [-0.05, 0) is 24.5 Å². The molecule has 1 saturated carbocycles. The molecule has 2 aromatic carbocycles. The zero-order chi connectivity index (χ0) is 15.4. The van der Waals surface area contributed by atoms with Gasteiger partial charge >= 0.3 is 0 Å². The average molecular weight is 297 g/mol. The van der Waals surface area contributed by atoms with Crippen LogP contribution < -0.4 is 15.2 Å². The van der Waals surface area contributed by atoms with Crippen LogP contribution in [0.5, 0.6) is 11.5 Å². The predicted octanol–water partition coefficient (Wildman–Crippen LogP) is 3.65. The van der Waals surface area contributed by atoms with Crippen LogP contribution in [-0.4, -0.2) is 13.7 Å². The molecule has 1 fully saturated rings. The summed E-state index contributed by atoms with van der Waals surface area (Å²) in [5.74, 6) is 1.63. The Kier molecular flexibility index (Phi) is 4.34. The fourth-order valence-electron chi connectivity index (χ4n) is 3.16. The van der Waals surface area contributed by atoms with E-state index < -0.39 is 0 Å². The standard InChI is InChI=1S/C19H23NO2/c1-21-17-10-5-9-16(19(14-20)11-6-12-19)18(17)22-13-15-7-3-2-4-8-15/h2-5,7-10H,6,11-14,20H2,1H3. The highest BCUT2D eigenvalue weighted by Gasteiger charge is 2.40. The SMILES string of the molecule is COc1cccc(C2(CN)CCC2)c1OCc1ccccc1. The van der Waals surface area contributed by atoms with Gasteiger partial charge in [0.1, 0.15) is 6.61 Å². The lowest BCUT2D eigenvalue weighted by atomic mass is 9.64. The van der Waals surface area contributed by atoms with Crippen LogP contribution in [0.2, 0.25) is 0 Å². The normalized spacial score (nSPS) is 15.9. The number of methoxy groups -OCH3 is 1. The van der Waals surface area contributed by atoms with Crippen molar-refractivity contribution in [3.63, 3.8) is 0 Å². The van der Waals surface area contributed by atoms with E-state index in [-0.39, 0.29) is 5.41 Å². The molecule has 0 radical (unpaired) electrons. The summed E-state index contributed by atoms with van der Waals surface area (Å²) in [6, 6.07) is 16.3. The summed E-state index contributed by atoms with van der Waals surface area (Å²) < 4.78 is 11.7. The van der Waals surface area contributed by atoms with Gasteiger partial charge < -0.3 is 15.2 Å². The van der Waals surface area contributed by atoms with Gasteiger partial charge in [-0.1, -0.05) is 48.9 Å². The van der Waals surface area contributed by atoms with Gasteiger partial charge in [-0.2, -0.15) is 0 Å². The molecule has 2 aromatic rings. The molecule has 1 aliphatic carbocycles. The molecule has 22 heavy (non-hydrogen) atoms. The maximum Gasteiger partial charge on any atom is 0.165 e. The van der Waals surface area contributed by atoms with Crippen molar-refractivity contribution in [1.82, 2.24) is 0 Å². The van der Waals surface area contributed by atoms with E-state index in [0.717, 1.165) is 29.9 Å². The number of hydrogen-bond acceptors (Lipinski definition) is 3. The van der Waals surface area contributed by atoms with Crippen LogP contribution in [0, 0.1) is 0 Å². The lowest BCUT2D eigenvalue weighted by molar-refractivity contribution is 0.226. The van der Waals surface area contributed by atoms with Crippen LogP contribution in [-0.2, 0) is 12.0 Å². The second-order valence-electron chi connectivity index (χ2n) is 5.95. The van der Waals surface area contributed by atoms with Gasteiger partial charge in [-0.15, -0.1) is 0 Å². The van der Waals surface area contributed by atoms with Crippen LogP contribution in [0.25, 0.3) is 0 Å². The maximum atomic E-state index is 6.15. The van der Waals surface area contributed by atoms with Gasteiger partial charge in [-0.25, -0.2) is 0 Å². The summed E-state index contributed by atoms with van der Waals surface area (Å²) in [6.07, 6.45) is 3.48. The second kappa shape index (κ2) is 6.41. The minimum absolute atomic E-state index is 0.0561. The van der Waals surface area contributed by atoms with Gasteiger partial charge in [0.25, 0.3) is 0 Å². The molecule has 0 aliphatic heterocycles. The molecule has 0 bridgehead atoms. The molecule has 3 heteroatoms. The molecule has 0 heterocycles. The monoisotopic (exact) mass is 297 g/mol. The molecule has 3 rings (SSSR count). The van der Waals surface area contributed by atoms with Gasteiger partial charge in [0.05, 0.1) is 7.11 Å². The Bertz CT molecular complexity index is 615. The van der Waals surface area contributed by atoms with Crippen LogP contribution >= 0.6 is 0 Å². The Labute approximate surface area is 132 Å². The molecule has 0 saturated heterocycles. The molecule has 2 N–H and O–H groups in total. The molecular weight excluding hydrogens is 274 g/mol. The molecule has 0 spiro atoms. The molecule has 3 nitrogen and oxygen atoms in total. The number of rotatable bonds is 6. The van der Waals surface area contributed by atoms with Crippen molar-refractivity contribution in [2.24, 2.45) is 5.73 Å². The highest BCUT2D eigenvalue weighted by Crippen LogP contribution is 2.49. The van der Waals surface area contributed by atoms with E-state index in [1.165, 1.54) is 12.0 Å². The van der Waals surface area contributed by atoms with Crippen LogP contribution in [0.3, 0.4) is 0 Å². The highest BCUT2D eigenvalue weighted by molar-refractivity contribution is 5.51. The van der Waals surface area contributed by atoms with Gasteiger partial charge in [0, 0.05) is 17.5 Å². The van der Waals surface area contributed by atoms with Crippen molar-refractivity contribution in [2.75, 3.05) is 13.7 Å². The minimum atomic E-state index is 0.0561. The summed E-state index contributed by atoms with van der Waals surface area (Å²) >= 11 is 0. The van der Waals surface area contributed by atoms with E-state index >= 15 is 0 Å². The Morgan fingerprint density at radius 1 is 1.05 bits per heavy atom. The number of ether oxygens (including phenoxy) is 2. The lowest BCUT2D eigenvalue weighted by Crippen LogP contribution is -2.41. The number of para-hydroxylation sites is 1. The highest BCUT2D eigenvalue weighted by atomic mass is 16.5. The summed E-state index contributed by atoms with van der Waals surface area (Å²) in [5.41, 5.74) is 8.47. The quantitative estimate of drug-likeness (QED) is 0.885. The Morgan fingerprint density at radius 2 is 1.82 bits per heavy atom. The Balaban J connectivity index is 1.91. The average Bonchev–Trinajstić information content (AvgIpc) is 2.54. The third kappa shape index (κ3) is 2.69. The van der Waals surface area contributed by atoms with E-state index in [2.05, 4.69) is 18.2 Å². The van der Waals surface area contributed by atoms with Crippen molar-refractivity contribution in [3.8, 4) is 11.5 Å². The van der Waals surface area contributed by atoms with Crippen molar-refractivity contribution in [2.45, 2.75) is 31.3 Å². The summed E-state index contributed by atoms with van der Waals surface area (Å²) in [5, 5.41) is 0. The predicted molar refractivity (Wildman–Crippen MR) is 88.4 cm³/mol. The van der Waals surface area contributed by atoms with Crippen molar-refractivity contribution in [3.05, 3.63) is 59.7 Å². The van der Waals surface area contributed by atoms with Crippen molar-refractivity contribution in [1.29, 1.82) is 0 Å². The largest absolute Gasteiger partial charge is 0.493 e. The minimum Gasteiger partial charge on any atom is -0.493 e. The zero-order valence-corrected chi connectivity index (χ0v) is 13.0. The molecule has 0 atom stereocenters. The van der Waals surface area contributed by atoms with E-state index in [4.69, 9.17) is 15.2 Å². The maximum absolute atomic E-state index is 6.15. The topological polar surface area (TPSA) is 44.5 Å². The van der Waals surface area contributed by atoms with Gasteiger partial charge in [0.15, 0.2) is 11.5 Å². The van der Waals surface area contributed by atoms with E-state index in [0.29, 0.717) is 13.2 Å². The number of benzene rings is 2. The van der Waals surface area contributed by atoms with Crippen molar-refractivity contribution < 1.29 is 9.47 Å². The summed E-state index contributed by atoms with van der Waals surface area (Å²) in [6.45, 7) is 1.19. The first-order chi connectivity index (χ1) is 10.8. The molecule has 1 aliphatic rings. The summed E-state index contributed by atoms with van der Waals surface area (Å²) in [7, 11) is 1.68. The van der Waals surface area contributed by atoms with Crippen LogP contribution in [0.4, 0.5) is 0 Å². The van der Waals surface area contributed by atoms with Crippen LogP contribution in [0.15, 0.2) is 48.5 Å². The van der Waals surface area contributed by atoms with E-state index in [1.54, 1.807) is 7.11 Å². The number of nitrogens with two attached hydrogens (primary N) is 1. The number of hydrogen-bond donors (Lipinski definition) is 1. The first-order valence-corrected chi connectivity index (χ1v) is 7.83. The molecule has 116 valence electrons. The molecule has 0 unspecified atom stereocenters. The van der Waals surface area contributed by atoms with Gasteiger partial charge in [-0.3, -0.25) is 0 Å². The second-order valence-corrected chi connectivity index (χ2v) is 5.95.